The van der Waals surface area contributed by atoms with E-state index in [4.69, 9.17) is 9.84 Å². The van der Waals surface area contributed by atoms with Gasteiger partial charge in [0, 0.05) is 18.7 Å². The molecule has 5 rings (SSSR count). The Labute approximate surface area is 213 Å². The molecule has 1 aliphatic heterocycles. The van der Waals surface area contributed by atoms with Crippen LogP contribution in [0, 0.1) is 19.8 Å². The van der Waals surface area contributed by atoms with Crippen molar-refractivity contribution < 1.29 is 9.53 Å². The topological polar surface area (TPSA) is 47.4 Å². The second-order valence-corrected chi connectivity index (χ2v) is 9.77. The number of likely N-dealkylation sites (tertiary alicyclic amines) is 1. The summed E-state index contributed by atoms with van der Waals surface area (Å²) in [5.74, 6) is 1.44. The molecule has 0 spiro atoms. The third kappa shape index (κ3) is 5.06. The molecule has 0 N–H and O–H groups in total. The average molecular weight is 480 g/mol. The molecule has 5 nitrogen and oxygen atoms in total. The van der Waals surface area contributed by atoms with Crippen LogP contribution in [0.1, 0.15) is 40.0 Å². The monoisotopic (exact) mass is 479 g/mol. The number of hydrogen-bond acceptors (Lipinski definition) is 3. The van der Waals surface area contributed by atoms with E-state index in [1.54, 1.807) is 7.11 Å². The molecule has 1 fully saturated rings. The van der Waals surface area contributed by atoms with Crippen LogP contribution in [0.15, 0.2) is 78.9 Å². The summed E-state index contributed by atoms with van der Waals surface area (Å²) in [6, 6.07) is 26.7. The third-order valence-electron chi connectivity index (χ3n) is 7.18. The summed E-state index contributed by atoms with van der Waals surface area (Å²) in [7, 11) is 1.66. The van der Waals surface area contributed by atoms with Gasteiger partial charge in [-0.3, -0.25) is 4.79 Å². The van der Waals surface area contributed by atoms with Crippen molar-refractivity contribution in [2.75, 3.05) is 20.2 Å². The SMILES string of the molecule is COc1ccc(-c2cc(C(=O)N3CCC(Cc4ccccc4)CC3)n(-c3cc(C)ccc3C)n2)cc1. The maximum atomic E-state index is 13.8. The van der Waals surface area contributed by atoms with Gasteiger partial charge in [-0.15, -0.1) is 0 Å². The van der Waals surface area contributed by atoms with Gasteiger partial charge in [-0.1, -0.05) is 42.5 Å². The molecule has 1 saturated heterocycles. The van der Waals surface area contributed by atoms with Crippen LogP contribution in [0.2, 0.25) is 0 Å². The largest absolute Gasteiger partial charge is 0.497 e. The Morgan fingerprint density at radius 3 is 2.36 bits per heavy atom. The molecule has 2 heterocycles. The zero-order valence-electron chi connectivity index (χ0n) is 21.3. The van der Waals surface area contributed by atoms with E-state index in [0.29, 0.717) is 11.6 Å². The predicted molar refractivity (Wildman–Crippen MR) is 144 cm³/mol. The van der Waals surface area contributed by atoms with E-state index in [9.17, 15) is 4.79 Å². The summed E-state index contributed by atoms with van der Waals surface area (Å²) < 4.78 is 7.14. The van der Waals surface area contributed by atoms with Gasteiger partial charge in [0.05, 0.1) is 18.5 Å². The van der Waals surface area contributed by atoms with Crippen LogP contribution in [-0.4, -0.2) is 40.8 Å². The minimum absolute atomic E-state index is 0.0429. The number of aromatic nitrogens is 2. The normalized spacial score (nSPS) is 14.1. The number of rotatable bonds is 6. The number of hydrogen-bond donors (Lipinski definition) is 0. The molecule has 36 heavy (non-hydrogen) atoms. The number of nitrogens with zero attached hydrogens (tertiary/aromatic N) is 3. The summed E-state index contributed by atoms with van der Waals surface area (Å²) in [6.07, 6.45) is 3.11. The fourth-order valence-electron chi connectivity index (χ4n) is 5.02. The fraction of sp³-hybridized carbons (Fsp3) is 0.290. The second-order valence-electron chi connectivity index (χ2n) is 9.77. The quantitative estimate of drug-likeness (QED) is 0.328. The zero-order valence-corrected chi connectivity index (χ0v) is 21.3. The molecule has 1 aliphatic rings. The maximum absolute atomic E-state index is 13.8. The molecular weight excluding hydrogens is 446 g/mol. The van der Waals surface area contributed by atoms with Gasteiger partial charge >= 0.3 is 0 Å². The molecule has 0 aliphatic carbocycles. The Morgan fingerprint density at radius 2 is 1.67 bits per heavy atom. The smallest absolute Gasteiger partial charge is 0.272 e. The molecule has 4 aromatic rings. The molecule has 0 bridgehead atoms. The van der Waals surface area contributed by atoms with Crippen LogP contribution < -0.4 is 4.74 Å². The standard InChI is InChI=1S/C31H33N3O2/c1-22-9-10-23(2)29(19-22)34-30(21-28(32-34)26-11-13-27(36-3)14-12-26)31(35)33-17-15-25(16-18-33)20-24-7-5-4-6-8-24/h4-14,19,21,25H,15-18,20H2,1-3H3. The third-order valence-corrected chi connectivity index (χ3v) is 7.18. The van der Waals surface area contributed by atoms with Gasteiger partial charge in [0.25, 0.3) is 5.91 Å². The second kappa shape index (κ2) is 10.4. The first-order chi connectivity index (χ1) is 17.5. The highest BCUT2D eigenvalue weighted by atomic mass is 16.5. The number of benzene rings is 3. The molecule has 3 aromatic carbocycles. The molecule has 1 amide bonds. The van der Waals surface area contributed by atoms with E-state index < -0.39 is 0 Å². The summed E-state index contributed by atoms with van der Waals surface area (Å²) in [6.45, 7) is 5.67. The van der Waals surface area contributed by atoms with E-state index in [1.165, 1.54) is 5.56 Å². The molecule has 0 atom stereocenters. The minimum atomic E-state index is 0.0429. The van der Waals surface area contributed by atoms with E-state index in [1.807, 2.05) is 39.9 Å². The van der Waals surface area contributed by atoms with Crippen LogP contribution in [0.25, 0.3) is 16.9 Å². The molecule has 0 radical (unpaired) electrons. The molecule has 0 saturated carbocycles. The lowest BCUT2D eigenvalue weighted by Gasteiger charge is -2.32. The van der Waals surface area contributed by atoms with E-state index in [0.717, 1.165) is 66.2 Å². The Kier molecular flexibility index (Phi) is 6.90. The number of ether oxygens (including phenoxy) is 1. The average Bonchev–Trinajstić information content (AvgIpc) is 3.36. The molecule has 1 aromatic heterocycles. The fourth-order valence-corrected chi connectivity index (χ4v) is 5.02. The highest BCUT2D eigenvalue weighted by Gasteiger charge is 2.27. The lowest BCUT2D eigenvalue weighted by Crippen LogP contribution is -2.39. The Morgan fingerprint density at radius 1 is 0.944 bits per heavy atom. The van der Waals surface area contributed by atoms with Gasteiger partial charge in [-0.25, -0.2) is 4.68 Å². The van der Waals surface area contributed by atoms with Crippen LogP contribution in [0.5, 0.6) is 5.75 Å². The summed E-state index contributed by atoms with van der Waals surface area (Å²) in [5, 5.41) is 4.92. The number of carbonyl (C=O) groups is 1. The molecule has 0 unspecified atom stereocenters. The van der Waals surface area contributed by atoms with E-state index in [-0.39, 0.29) is 5.91 Å². The van der Waals surface area contributed by atoms with Crippen molar-refractivity contribution in [3.8, 4) is 22.7 Å². The maximum Gasteiger partial charge on any atom is 0.272 e. The lowest BCUT2D eigenvalue weighted by molar-refractivity contribution is 0.0681. The number of aryl methyl sites for hydroxylation is 2. The highest BCUT2D eigenvalue weighted by molar-refractivity contribution is 5.94. The number of carbonyl (C=O) groups excluding carboxylic acids is 1. The van der Waals surface area contributed by atoms with Crippen molar-refractivity contribution in [1.29, 1.82) is 0 Å². The summed E-state index contributed by atoms with van der Waals surface area (Å²) >= 11 is 0. The van der Waals surface area contributed by atoms with Gasteiger partial charge in [0.2, 0.25) is 0 Å². The van der Waals surface area contributed by atoms with Crippen molar-refractivity contribution >= 4 is 5.91 Å². The first-order valence-electron chi connectivity index (χ1n) is 12.7. The van der Waals surface area contributed by atoms with Crippen molar-refractivity contribution in [2.24, 2.45) is 5.92 Å². The highest BCUT2D eigenvalue weighted by Crippen LogP contribution is 2.28. The molecule has 5 heteroatoms. The predicted octanol–water partition coefficient (Wildman–Crippen LogP) is 6.26. The zero-order chi connectivity index (χ0) is 25.1. The Balaban J connectivity index is 1.42. The van der Waals surface area contributed by atoms with Crippen LogP contribution in [0.3, 0.4) is 0 Å². The lowest BCUT2D eigenvalue weighted by atomic mass is 9.90. The Bertz CT molecular complexity index is 1330. The van der Waals surface area contributed by atoms with Gasteiger partial charge in [0.1, 0.15) is 11.4 Å². The van der Waals surface area contributed by atoms with E-state index >= 15 is 0 Å². The summed E-state index contributed by atoms with van der Waals surface area (Å²) in [5.41, 5.74) is 6.88. The van der Waals surface area contributed by atoms with Gasteiger partial charge in [-0.2, -0.15) is 5.10 Å². The van der Waals surface area contributed by atoms with Gasteiger partial charge in [0.15, 0.2) is 0 Å². The van der Waals surface area contributed by atoms with E-state index in [2.05, 4.69) is 62.4 Å². The summed E-state index contributed by atoms with van der Waals surface area (Å²) in [4.78, 5) is 15.8. The van der Waals surface area contributed by atoms with Crippen LogP contribution in [0.4, 0.5) is 0 Å². The van der Waals surface area contributed by atoms with Crippen molar-refractivity contribution in [3.63, 3.8) is 0 Å². The van der Waals surface area contributed by atoms with Crippen molar-refractivity contribution in [3.05, 3.63) is 101 Å². The van der Waals surface area contributed by atoms with Crippen molar-refractivity contribution in [2.45, 2.75) is 33.1 Å². The first kappa shape index (κ1) is 23.9. The number of amides is 1. The van der Waals surface area contributed by atoms with Crippen LogP contribution >= 0.6 is 0 Å². The van der Waals surface area contributed by atoms with Gasteiger partial charge in [-0.05, 0) is 92.1 Å². The molecular formula is C31H33N3O2. The first-order valence-corrected chi connectivity index (χ1v) is 12.7. The van der Waals surface area contributed by atoms with Crippen molar-refractivity contribution in [1.82, 2.24) is 14.7 Å². The van der Waals surface area contributed by atoms with Gasteiger partial charge < -0.3 is 9.64 Å². The molecule has 184 valence electrons. The Hall–Kier alpha value is -3.86. The minimum Gasteiger partial charge on any atom is -0.497 e. The number of piperidine rings is 1. The number of methoxy groups -OCH3 is 1. The van der Waals surface area contributed by atoms with Crippen LogP contribution in [-0.2, 0) is 6.42 Å².